The first-order valence-electron chi connectivity index (χ1n) is 7.21. The summed E-state index contributed by atoms with van der Waals surface area (Å²) in [5.74, 6) is 1.25. The van der Waals surface area contributed by atoms with Crippen LogP contribution in [0.2, 0.25) is 0 Å². The van der Waals surface area contributed by atoms with E-state index in [1.807, 2.05) is 18.8 Å². The highest BCUT2D eigenvalue weighted by atomic mass is 16.5. The van der Waals surface area contributed by atoms with E-state index in [1.54, 1.807) is 0 Å². The molecule has 1 saturated heterocycles. The molecule has 1 aliphatic heterocycles. The van der Waals surface area contributed by atoms with Crippen LogP contribution in [0.25, 0.3) is 0 Å². The normalized spacial score (nSPS) is 20.0. The van der Waals surface area contributed by atoms with E-state index in [2.05, 4.69) is 29.2 Å². The van der Waals surface area contributed by atoms with Crippen LogP contribution in [0.5, 0.6) is 0 Å². The van der Waals surface area contributed by atoms with E-state index in [1.165, 1.54) is 24.2 Å². The standard InChI is InChI=1S/C14H26N4O/c1-5-19-12-7-6-8-18(10-12)14-13(9-15-3)11(2)16-17(14)4/h12,15H,5-10H2,1-4H3. The van der Waals surface area contributed by atoms with Crippen LogP contribution in [0.15, 0.2) is 0 Å². The van der Waals surface area contributed by atoms with Gasteiger partial charge in [0.2, 0.25) is 0 Å². The molecule has 2 rings (SSSR count). The highest BCUT2D eigenvalue weighted by Crippen LogP contribution is 2.26. The van der Waals surface area contributed by atoms with Gasteiger partial charge in [0, 0.05) is 38.9 Å². The molecule has 2 heterocycles. The zero-order valence-corrected chi connectivity index (χ0v) is 12.6. The molecule has 1 aromatic rings. The number of rotatable bonds is 5. The third kappa shape index (κ3) is 3.09. The summed E-state index contributed by atoms with van der Waals surface area (Å²) in [6.45, 7) is 7.89. The van der Waals surface area contributed by atoms with Gasteiger partial charge in [-0.3, -0.25) is 4.68 Å². The molecule has 0 bridgehead atoms. The quantitative estimate of drug-likeness (QED) is 0.876. The second-order valence-corrected chi connectivity index (χ2v) is 5.21. The average Bonchev–Trinajstić information content (AvgIpc) is 2.66. The fourth-order valence-corrected chi connectivity index (χ4v) is 2.97. The predicted octanol–water partition coefficient (Wildman–Crippen LogP) is 1.45. The van der Waals surface area contributed by atoms with Gasteiger partial charge in [0.1, 0.15) is 5.82 Å². The lowest BCUT2D eigenvalue weighted by molar-refractivity contribution is 0.0523. The summed E-state index contributed by atoms with van der Waals surface area (Å²) in [7, 11) is 4.02. The summed E-state index contributed by atoms with van der Waals surface area (Å²) in [5.41, 5.74) is 2.42. The van der Waals surface area contributed by atoms with Crippen LogP contribution in [0.4, 0.5) is 5.82 Å². The maximum Gasteiger partial charge on any atom is 0.131 e. The van der Waals surface area contributed by atoms with E-state index in [9.17, 15) is 0 Å². The lowest BCUT2D eigenvalue weighted by atomic mass is 10.1. The molecule has 1 aromatic heterocycles. The summed E-state index contributed by atoms with van der Waals surface area (Å²) in [6.07, 6.45) is 2.72. The number of ether oxygens (including phenoxy) is 1. The minimum Gasteiger partial charge on any atom is -0.377 e. The molecule has 1 aliphatic rings. The number of anilines is 1. The first-order chi connectivity index (χ1) is 9.17. The Balaban J connectivity index is 2.20. The van der Waals surface area contributed by atoms with Crippen molar-refractivity contribution < 1.29 is 4.74 Å². The largest absolute Gasteiger partial charge is 0.377 e. The van der Waals surface area contributed by atoms with Gasteiger partial charge in [-0.15, -0.1) is 0 Å². The van der Waals surface area contributed by atoms with Gasteiger partial charge in [-0.2, -0.15) is 5.10 Å². The van der Waals surface area contributed by atoms with Gasteiger partial charge in [-0.1, -0.05) is 0 Å². The lowest BCUT2D eigenvalue weighted by Gasteiger charge is -2.34. The van der Waals surface area contributed by atoms with Crippen LogP contribution in [-0.4, -0.2) is 42.6 Å². The summed E-state index contributed by atoms with van der Waals surface area (Å²) < 4.78 is 7.80. The average molecular weight is 266 g/mol. The van der Waals surface area contributed by atoms with E-state index in [0.29, 0.717) is 6.10 Å². The Morgan fingerprint density at radius 2 is 2.26 bits per heavy atom. The smallest absolute Gasteiger partial charge is 0.131 e. The van der Waals surface area contributed by atoms with Gasteiger partial charge >= 0.3 is 0 Å². The van der Waals surface area contributed by atoms with Crippen molar-refractivity contribution in [2.24, 2.45) is 7.05 Å². The zero-order chi connectivity index (χ0) is 13.8. The first kappa shape index (κ1) is 14.3. The van der Waals surface area contributed by atoms with Crippen LogP contribution in [0.3, 0.4) is 0 Å². The minimum atomic E-state index is 0.358. The molecule has 1 fully saturated rings. The number of nitrogens with zero attached hydrogens (tertiary/aromatic N) is 3. The Hall–Kier alpha value is -1.07. The monoisotopic (exact) mass is 266 g/mol. The third-order valence-corrected chi connectivity index (χ3v) is 3.75. The van der Waals surface area contributed by atoms with Crippen molar-refractivity contribution in [3.05, 3.63) is 11.3 Å². The molecule has 0 aliphatic carbocycles. The van der Waals surface area contributed by atoms with Gasteiger partial charge in [-0.25, -0.2) is 0 Å². The molecule has 0 spiro atoms. The van der Waals surface area contributed by atoms with Crippen molar-refractivity contribution in [1.29, 1.82) is 0 Å². The molecule has 5 nitrogen and oxygen atoms in total. The molecule has 0 saturated carbocycles. The maximum atomic E-state index is 5.79. The summed E-state index contributed by atoms with van der Waals surface area (Å²) in [5, 5.41) is 7.81. The Morgan fingerprint density at radius 1 is 1.47 bits per heavy atom. The van der Waals surface area contributed by atoms with Gasteiger partial charge in [0.05, 0.1) is 11.8 Å². The topological polar surface area (TPSA) is 42.3 Å². The van der Waals surface area contributed by atoms with Crippen molar-refractivity contribution in [3.8, 4) is 0 Å². The fraction of sp³-hybridized carbons (Fsp3) is 0.786. The van der Waals surface area contributed by atoms with E-state index < -0.39 is 0 Å². The minimum absolute atomic E-state index is 0.358. The highest BCUT2D eigenvalue weighted by molar-refractivity contribution is 5.50. The van der Waals surface area contributed by atoms with E-state index in [-0.39, 0.29) is 0 Å². The highest BCUT2D eigenvalue weighted by Gasteiger charge is 2.25. The van der Waals surface area contributed by atoms with Crippen LogP contribution >= 0.6 is 0 Å². The number of aromatic nitrogens is 2. The van der Waals surface area contributed by atoms with Crippen LogP contribution in [0, 0.1) is 6.92 Å². The predicted molar refractivity (Wildman–Crippen MR) is 77.6 cm³/mol. The Morgan fingerprint density at radius 3 is 2.95 bits per heavy atom. The summed E-state index contributed by atoms with van der Waals surface area (Å²) >= 11 is 0. The maximum absolute atomic E-state index is 5.79. The third-order valence-electron chi connectivity index (χ3n) is 3.75. The van der Waals surface area contributed by atoms with Crippen LogP contribution in [-0.2, 0) is 18.3 Å². The number of nitrogens with one attached hydrogen (secondary N) is 1. The molecular formula is C14H26N4O. The van der Waals surface area contributed by atoms with Gasteiger partial charge in [-0.05, 0) is 33.7 Å². The molecule has 0 aromatic carbocycles. The van der Waals surface area contributed by atoms with Gasteiger partial charge < -0.3 is 15.0 Å². The van der Waals surface area contributed by atoms with Gasteiger partial charge in [0.15, 0.2) is 0 Å². The molecule has 0 radical (unpaired) electrons. The van der Waals surface area contributed by atoms with E-state index >= 15 is 0 Å². The zero-order valence-electron chi connectivity index (χ0n) is 12.6. The first-order valence-corrected chi connectivity index (χ1v) is 7.21. The SMILES string of the molecule is CCOC1CCCN(c2c(CNC)c(C)nn2C)C1. The number of piperidine rings is 1. The van der Waals surface area contributed by atoms with Crippen LogP contribution in [0.1, 0.15) is 31.0 Å². The molecule has 108 valence electrons. The molecule has 5 heteroatoms. The number of hydrogen-bond acceptors (Lipinski definition) is 4. The number of aryl methyl sites for hydroxylation is 2. The van der Waals surface area contributed by atoms with Crippen molar-refractivity contribution in [2.75, 3.05) is 31.6 Å². The molecular weight excluding hydrogens is 240 g/mol. The second-order valence-electron chi connectivity index (χ2n) is 5.21. The van der Waals surface area contributed by atoms with Crippen LogP contribution < -0.4 is 10.2 Å². The summed E-state index contributed by atoms with van der Waals surface area (Å²) in [6, 6.07) is 0. The van der Waals surface area contributed by atoms with Gasteiger partial charge in [0.25, 0.3) is 0 Å². The molecule has 0 amide bonds. The Labute approximate surface area is 115 Å². The number of hydrogen-bond donors (Lipinski definition) is 1. The Bertz CT molecular complexity index is 414. The van der Waals surface area contributed by atoms with E-state index in [0.717, 1.165) is 31.9 Å². The Kier molecular flexibility index (Phi) is 4.82. The second kappa shape index (κ2) is 6.39. The summed E-state index contributed by atoms with van der Waals surface area (Å²) in [4.78, 5) is 2.43. The van der Waals surface area contributed by atoms with E-state index in [4.69, 9.17) is 4.74 Å². The van der Waals surface area contributed by atoms with Crippen molar-refractivity contribution >= 4 is 5.82 Å². The molecule has 1 N–H and O–H groups in total. The van der Waals surface area contributed by atoms with Crippen molar-refractivity contribution in [2.45, 2.75) is 39.3 Å². The lowest BCUT2D eigenvalue weighted by Crippen LogP contribution is -2.41. The molecule has 1 unspecified atom stereocenters. The fourth-order valence-electron chi connectivity index (χ4n) is 2.97. The molecule has 1 atom stereocenters. The van der Waals surface area contributed by atoms with Crippen molar-refractivity contribution in [1.82, 2.24) is 15.1 Å². The molecule has 19 heavy (non-hydrogen) atoms. The van der Waals surface area contributed by atoms with Crippen molar-refractivity contribution in [3.63, 3.8) is 0 Å².